The summed E-state index contributed by atoms with van der Waals surface area (Å²) in [5.41, 5.74) is 7.93. The van der Waals surface area contributed by atoms with Crippen molar-refractivity contribution in [3.63, 3.8) is 0 Å². The van der Waals surface area contributed by atoms with Crippen molar-refractivity contribution in [3.8, 4) is 0 Å². The normalized spacial score (nSPS) is 10.3. The van der Waals surface area contributed by atoms with Gasteiger partial charge in [-0.25, -0.2) is 0 Å². The molecule has 0 aliphatic rings. The molecule has 0 saturated carbocycles. The van der Waals surface area contributed by atoms with Crippen LogP contribution in [0.4, 0.5) is 17.1 Å². The number of nitrogen functional groups attached to an aromatic ring is 1. The lowest BCUT2D eigenvalue weighted by atomic mass is 10.2. The predicted molar refractivity (Wildman–Crippen MR) is 75.6 cm³/mol. The van der Waals surface area contributed by atoms with Crippen molar-refractivity contribution in [2.75, 3.05) is 11.1 Å². The molecule has 0 fully saturated rings. The number of hydrogen-bond donors (Lipinski definition) is 2. The van der Waals surface area contributed by atoms with Gasteiger partial charge in [0.15, 0.2) is 0 Å². The summed E-state index contributed by atoms with van der Waals surface area (Å²) in [7, 11) is 0. The lowest BCUT2D eigenvalue weighted by Crippen LogP contribution is -1.96. The van der Waals surface area contributed by atoms with Crippen molar-refractivity contribution in [2.24, 2.45) is 0 Å². The average Bonchev–Trinajstić information content (AvgIpc) is 2.21. The number of hydrogen-bond acceptors (Lipinski definition) is 2. The van der Waals surface area contributed by atoms with Crippen molar-refractivity contribution >= 4 is 51.9 Å². The highest BCUT2D eigenvalue weighted by Crippen LogP contribution is 2.29. The zero-order valence-corrected chi connectivity index (χ0v) is 10.9. The predicted octanol–water partition coefficient (Wildman–Crippen LogP) is 4.97. The zero-order valence-electron chi connectivity index (χ0n) is 8.68. The Hall–Kier alpha value is -1.09. The minimum Gasteiger partial charge on any atom is -0.397 e. The summed E-state index contributed by atoms with van der Waals surface area (Å²) in [6, 6.07) is 10.4. The third kappa shape index (κ3) is 3.19. The van der Waals surface area contributed by atoms with E-state index in [0.29, 0.717) is 20.8 Å². The van der Waals surface area contributed by atoms with Crippen molar-refractivity contribution in [1.82, 2.24) is 0 Å². The molecule has 0 bridgehead atoms. The molecule has 0 amide bonds. The molecule has 0 unspecified atom stereocenters. The number of halogens is 3. The van der Waals surface area contributed by atoms with Crippen LogP contribution < -0.4 is 11.1 Å². The first-order valence-corrected chi connectivity index (χ1v) is 5.96. The van der Waals surface area contributed by atoms with Gasteiger partial charge >= 0.3 is 0 Å². The van der Waals surface area contributed by atoms with Gasteiger partial charge in [-0.1, -0.05) is 34.8 Å². The van der Waals surface area contributed by atoms with Crippen LogP contribution in [0.15, 0.2) is 36.4 Å². The molecule has 88 valence electrons. The van der Waals surface area contributed by atoms with Crippen LogP contribution in [-0.4, -0.2) is 0 Å². The zero-order chi connectivity index (χ0) is 12.4. The molecule has 2 rings (SSSR count). The van der Waals surface area contributed by atoms with Gasteiger partial charge in [0.05, 0.1) is 11.4 Å². The van der Waals surface area contributed by atoms with Crippen LogP contribution >= 0.6 is 34.8 Å². The summed E-state index contributed by atoms with van der Waals surface area (Å²) < 4.78 is 0. The summed E-state index contributed by atoms with van der Waals surface area (Å²) in [6.45, 7) is 0. The topological polar surface area (TPSA) is 38.0 Å². The van der Waals surface area contributed by atoms with Gasteiger partial charge in [0.25, 0.3) is 0 Å². The van der Waals surface area contributed by atoms with E-state index in [1.807, 2.05) is 0 Å². The molecule has 0 aliphatic carbocycles. The number of rotatable bonds is 2. The molecule has 2 aromatic carbocycles. The fraction of sp³-hybridized carbons (Fsp3) is 0. The Morgan fingerprint density at radius 2 is 1.47 bits per heavy atom. The Balaban J connectivity index is 2.31. The molecule has 2 aromatic rings. The van der Waals surface area contributed by atoms with E-state index in [9.17, 15) is 0 Å². The molecular weight excluding hydrogens is 279 g/mol. The van der Waals surface area contributed by atoms with Gasteiger partial charge < -0.3 is 11.1 Å². The fourth-order valence-corrected chi connectivity index (χ4v) is 2.14. The van der Waals surface area contributed by atoms with E-state index in [-0.39, 0.29) is 0 Å². The maximum absolute atomic E-state index is 5.90. The number of nitrogens with two attached hydrogens (primary N) is 1. The number of nitrogens with one attached hydrogen (secondary N) is 1. The number of anilines is 3. The van der Waals surface area contributed by atoms with Crippen LogP contribution in [0.25, 0.3) is 0 Å². The monoisotopic (exact) mass is 286 g/mol. The van der Waals surface area contributed by atoms with Gasteiger partial charge in [0.2, 0.25) is 0 Å². The first kappa shape index (κ1) is 12.4. The van der Waals surface area contributed by atoms with E-state index >= 15 is 0 Å². The maximum atomic E-state index is 5.90. The SMILES string of the molecule is Nc1cc(Cl)ccc1Nc1cc(Cl)cc(Cl)c1. The third-order valence-electron chi connectivity index (χ3n) is 2.16. The second-order valence-electron chi connectivity index (χ2n) is 3.51. The van der Waals surface area contributed by atoms with E-state index < -0.39 is 0 Å². The van der Waals surface area contributed by atoms with Crippen molar-refractivity contribution in [2.45, 2.75) is 0 Å². The van der Waals surface area contributed by atoms with Gasteiger partial charge in [-0.15, -0.1) is 0 Å². The maximum Gasteiger partial charge on any atom is 0.0618 e. The van der Waals surface area contributed by atoms with E-state index in [4.69, 9.17) is 40.5 Å². The smallest absolute Gasteiger partial charge is 0.0618 e. The van der Waals surface area contributed by atoms with Crippen molar-refractivity contribution in [3.05, 3.63) is 51.5 Å². The first-order valence-electron chi connectivity index (χ1n) is 4.83. The van der Waals surface area contributed by atoms with Crippen LogP contribution in [0.1, 0.15) is 0 Å². The summed E-state index contributed by atoms with van der Waals surface area (Å²) in [4.78, 5) is 0. The molecule has 2 nitrogen and oxygen atoms in total. The highest BCUT2D eigenvalue weighted by Gasteiger charge is 2.02. The molecular formula is C12H9Cl3N2. The average molecular weight is 288 g/mol. The molecule has 0 aliphatic heterocycles. The Labute approximate surface area is 114 Å². The summed E-state index contributed by atoms with van der Waals surface area (Å²) in [5, 5.41) is 4.85. The standard InChI is InChI=1S/C12H9Cl3N2/c13-7-1-2-12(11(16)6-7)17-10-4-8(14)3-9(15)5-10/h1-6,17H,16H2. The molecule has 0 aromatic heterocycles. The van der Waals surface area contributed by atoms with Gasteiger partial charge in [-0.3, -0.25) is 0 Å². The van der Waals surface area contributed by atoms with E-state index in [1.165, 1.54) is 0 Å². The Morgan fingerprint density at radius 1 is 0.824 bits per heavy atom. The van der Waals surface area contributed by atoms with Gasteiger partial charge in [-0.2, -0.15) is 0 Å². The number of benzene rings is 2. The molecule has 0 saturated heterocycles. The molecule has 0 radical (unpaired) electrons. The third-order valence-corrected chi connectivity index (χ3v) is 2.83. The quantitative estimate of drug-likeness (QED) is 0.765. The van der Waals surface area contributed by atoms with Crippen LogP contribution in [0.5, 0.6) is 0 Å². The van der Waals surface area contributed by atoms with Crippen LogP contribution in [0.3, 0.4) is 0 Å². The van der Waals surface area contributed by atoms with Gasteiger partial charge in [0.1, 0.15) is 0 Å². The minimum absolute atomic E-state index is 0.563. The molecule has 3 N–H and O–H groups in total. The highest BCUT2D eigenvalue weighted by atomic mass is 35.5. The van der Waals surface area contributed by atoms with Crippen LogP contribution in [-0.2, 0) is 0 Å². The molecule has 5 heteroatoms. The van der Waals surface area contributed by atoms with E-state index in [0.717, 1.165) is 11.4 Å². The molecule has 0 atom stereocenters. The van der Waals surface area contributed by atoms with Crippen molar-refractivity contribution < 1.29 is 0 Å². The lowest BCUT2D eigenvalue weighted by molar-refractivity contribution is 1.54. The Morgan fingerprint density at radius 3 is 2.06 bits per heavy atom. The second kappa shape index (κ2) is 5.05. The Bertz CT molecular complexity index is 535. The van der Waals surface area contributed by atoms with E-state index in [1.54, 1.807) is 36.4 Å². The Kier molecular flexibility index (Phi) is 3.67. The van der Waals surface area contributed by atoms with Crippen LogP contribution in [0, 0.1) is 0 Å². The van der Waals surface area contributed by atoms with Gasteiger partial charge in [-0.05, 0) is 36.4 Å². The van der Waals surface area contributed by atoms with E-state index in [2.05, 4.69) is 5.32 Å². The fourth-order valence-electron chi connectivity index (χ4n) is 1.43. The van der Waals surface area contributed by atoms with Crippen LogP contribution in [0.2, 0.25) is 15.1 Å². The minimum atomic E-state index is 0.563. The largest absolute Gasteiger partial charge is 0.397 e. The van der Waals surface area contributed by atoms with Crippen molar-refractivity contribution in [1.29, 1.82) is 0 Å². The second-order valence-corrected chi connectivity index (χ2v) is 4.82. The molecule has 0 spiro atoms. The highest BCUT2D eigenvalue weighted by molar-refractivity contribution is 6.35. The molecule has 0 heterocycles. The first-order chi connectivity index (χ1) is 8.04. The van der Waals surface area contributed by atoms with Gasteiger partial charge in [0, 0.05) is 20.8 Å². The summed E-state index contributed by atoms with van der Waals surface area (Å²) >= 11 is 17.6. The molecule has 17 heavy (non-hydrogen) atoms. The summed E-state index contributed by atoms with van der Waals surface area (Å²) in [6.07, 6.45) is 0. The summed E-state index contributed by atoms with van der Waals surface area (Å²) in [5.74, 6) is 0. The lowest BCUT2D eigenvalue weighted by Gasteiger charge is -2.10.